The number of amides is 2. The van der Waals surface area contributed by atoms with Gasteiger partial charge in [-0.25, -0.2) is 12.8 Å². The summed E-state index contributed by atoms with van der Waals surface area (Å²) in [5.41, 5.74) is 1.96. The zero-order chi connectivity index (χ0) is 28.4. The summed E-state index contributed by atoms with van der Waals surface area (Å²) in [4.78, 5) is 28.4. The van der Waals surface area contributed by atoms with Gasteiger partial charge in [-0.1, -0.05) is 60.1 Å². The first-order valence-electron chi connectivity index (χ1n) is 12.7. The zero-order valence-electron chi connectivity index (χ0n) is 22.0. The molecular formula is C29H33ClFN3O4S. The minimum absolute atomic E-state index is 0.00151. The van der Waals surface area contributed by atoms with Crippen molar-refractivity contribution >= 4 is 39.1 Å². The van der Waals surface area contributed by atoms with Crippen LogP contribution in [0.4, 0.5) is 10.1 Å². The van der Waals surface area contributed by atoms with Gasteiger partial charge in [0.1, 0.15) is 11.9 Å². The predicted octanol–water partition coefficient (Wildman–Crippen LogP) is 4.80. The Bertz CT molecular complexity index is 1350. The maximum atomic E-state index is 13.7. The predicted molar refractivity (Wildman–Crippen MR) is 152 cm³/mol. The van der Waals surface area contributed by atoms with Gasteiger partial charge in [0.2, 0.25) is 21.8 Å². The molecule has 0 radical (unpaired) electrons. The lowest BCUT2D eigenvalue weighted by atomic mass is 10.0. The number of sulfonamides is 1. The Morgan fingerprint density at radius 1 is 0.974 bits per heavy atom. The number of likely N-dealkylation sites (N-methyl/N-ethyl adjacent to an activating group) is 1. The fourth-order valence-corrected chi connectivity index (χ4v) is 5.41. The molecule has 0 bridgehead atoms. The SMILES string of the molecule is CCNC(=O)C(Cc1ccccc1)N(Cc1ccc(F)cc1)C(=O)CCCN(c1cccc(Cl)c1)S(C)(=O)=O. The Kier molecular flexibility index (Phi) is 10.9. The molecule has 2 amide bonds. The lowest BCUT2D eigenvalue weighted by molar-refractivity contribution is -0.141. The van der Waals surface area contributed by atoms with Crippen LogP contribution >= 0.6 is 11.6 Å². The quantitative estimate of drug-likeness (QED) is 0.318. The first kappa shape index (κ1) is 30.1. The van der Waals surface area contributed by atoms with Crippen molar-refractivity contribution in [2.75, 3.05) is 23.7 Å². The van der Waals surface area contributed by atoms with Crippen LogP contribution in [-0.2, 0) is 32.6 Å². The molecule has 3 aromatic rings. The summed E-state index contributed by atoms with van der Waals surface area (Å²) < 4.78 is 39.8. The highest BCUT2D eigenvalue weighted by atomic mass is 35.5. The van der Waals surface area contributed by atoms with Crippen LogP contribution in [0.5, 0.6) is 0 Å². The molecule has 3 aromatic carbocycles. The molecule has 3 rings (SSSR count). The average molecular weight is 574 g/mol. The van der Waals surface area contributed by atoms with E-state index in [2.05, 4.69) is 5.32 Å². The number of carbonyl (C=O) groups is 2. The van der Waals surface area contributed by atoms with Crippen molar-refractivity contribution in [1.29, 1.82) is 0 Å². The molecule has 7 nitrogen and oxygen atoms in total. The van der Waals surface area contributed by atoms with Crippen molar-refractivity contribution in [3.63, 3.8) is 0 Å². The van der Waals surface area contributed by atoms with E-state index in [1.807, 2.05) is 30.3 Å². The van der Waals surface area contributed by atoms with E-state index in [-0.39, 0.29) is 44.2 Å². The second kappa shape index (κ2) is 14.1. The van der Waals surface area contributed by atoms with Crippen LogP contribution in [0.15, 0.2) is 78.9 Å². The van der Waals surface area contributed by atoms with Crippen LogP contribution in [-0.4, -0.2) is 50.5 Å². The minimum atomic E-state index is -3.63. The summed E-state index contributed by atoms with van der Waals surface area (Å²) in [5.74, 6) is -1.01. The van der Waals surface area contributed by atoms with Crippen LogP contribution in [0.2, 0.25) is 5.02 Å². The highest BCUT2D eigenvalue weighted by Gasteiger charge is 2.30. The number of hydrogen-bond donors (Lipinski definition) is 1. The van der Waals surface area contributed by atoms with Gasteiger partial charge in [-0.3, -0.25) is 13.9 Å². The Labute approximate surface area is 234 Å². The molecule has 1 unspecified atom stereocenters. The maximum absolute atomic E-state index is 13.7. The summed E-state index contributed by atoms with van der Waals surface area (Å²) in [6.07, 6.45) is 1.60. The van der Waals surface area contributed by atoms with Gasteiger partial charge in [-0.15, -0.1) is 0 Å². The van der Waals surface area contributed by atoms with Crippen molar-refractivity contribution < 1.29 is 22.4 Å². The third-order valence-electron chi connectivity index (χ3n) is 6.14. The van der Waals surface area contributed by atoms with Gasteiger partial charge in [0.05, 0.1) is 11.9 Å². The summed E-state index contributed by atoms with van der Waals surface area (Å²) in [6, 6.07) is 20.9. The van der Waals surface area contributed by atoms with Crippen molar-refractivity contribution in [2.24, 2.45) is 0 Å². The number of nitrogens with zero attached hydrogens (tertiary/aromatic N) is 2. The molecule has 0 aliphatic carbocycles. The van der Waals surface area contributed by atoms with Crippen molar-refractivity contribution in [3.8, 4) is 0 Å². The first-order valence-corrected chi connectivity index (χ1v) is 14.9. The molecule has 0 fully saturated rings. The van der Waals surface area contributed by atoms with E-state index >= 15 is 0 Å². The van der Waals surface area contributed by atoms with E-state index in [1.165, 1.54) is 21.3 Å². The molecule has 39 heavy (non-hydrogen) atoms. The van der Waals surface area contributed by atoms with Crippen LogP contribution < -0.4 is 9.62 Å². The van der Waals surface area contributed by atoms with Gasteiger partial charge in [0, 0.05) is 37.5 Å². The van der Waals surface area contributed by atoms with E-state index in [0.29, 0.717) is 22.8 Å². The number of halogens is 2. The molecule has 0 aliphatic rings. The van der Waals surface area contributed by atoms with Gasteiger partial charge in [-0.05, 0) is 54.8 Å². The Hall–Kier alpha value is -3.43. The smallest absolute Gasteiger partial charge is 0.243 e. The maximum Gasteiger partial charge on any atom is 0.243 e. The number of carbonyl (C=O) groups excluding carboxylic acids is 2. The normalized spacial score (nSPS) is 12.0. The number of rotatable bonds is 13. The number of nitrogens with one attached hydrogen (secondary N) is 1. The molecule has 0 heterocycles. The second-order valence-electron chi connectivity index (χ2n) is 9.17. The van der Waals surface area contributed by atoms with Gasteiger partial charge in [-0.2, -0.15) is 0 Å². The van der Waals surface area contributed by atoms with Crippen molar-refractivity contribution in [1.82, 2.24) is 10.2 Å². The van der Waals surface area contributed by atoms with Crippen LogP contribution in [0.3, 0.4) is 0 Å². The third-order valence-corrected chi connectivity index (χ3v) is 7.57. The molecule has 0 spiro atoms. The van der Waals surface area contributed by atoms with Gasteiger partial charge >= 0.3 is 0 Å². The molecule has 0 saturated carbocycles. The largest absolute Gasteiger partial charge is 0.355 e. The monoisotopic (exact) mass is 573 g/mol. The first-order chi connectivity index (χ1) is 18.6. The number of benzene rings is 3. The summed E-state index contributed by atoms with van der Waals surface area (Å²) in [5, 5.41) is 3.22. The third kappa shape index (κ3) is 9.07. The molecule has 10 heteroatoms. The number of anilines is 1. The minimum Gasteiger partial charge on any atom is -0.355 e. The fourth-order valence-electron chi connectivity index (χ4n) is 4.27. The fraction of sp³-hybridized carbons (Fsp3) is 0.310. The van der Waals surface area contributed by atoms with E-state index in [0.717, 1.165) is 11.8 Å². The molecule has 1 N–H and O–H groups in total. The van der Waals surface area contributed by atoms with E-state index in [9.17, 15) is 22.4 Å². The Balaban J connectivity index is 1.85. The summed E-state index contributed by atoms with van der Waals surface area (Å²) in [7, 11) is -3.63. The number of hydrogen-bond acceptors (Lipinski definition) is 4. The van der Waals surface area contributed by atoms with Gasteiger partial charge in [0.25, 0.3) is 0 Å². The summed E-state index contributed by atoms with van der Waals surface area (Å²) in [6.45, 7) is 2.35. The highest BCUT2D eigenvalue weighted by Crippen LogP contribution is 2.23. The topological polar surface area (TPSA) is 86.8 Å². The van der Waals surface area contributed by atoms with Crippen molar-refractivity contribution in [2.45, 2.75) is 38.8 Å². The van der Waals surface area contributed by atoms with Crippen LogP contribution in [0.1, 0.15) is 30.9 Å². The highest BCUT2D eigenvalue weighted by molar-refractivity contribution is 7.92. The standard InChI is InChI=1S/C29H33ClFN3O4S/c1-3-32-29(36)27(19-22-9-5-4-6-10-22)33(21-23-14-16-25(31)17-15-23)28(35)13-8-18-34(39(2,37)38)26-12-7-11-24(30)20-26/h4-7,9-12,14-17,20,27H,3,8,13,18-19,21H2,1-2H3,(H,32,36). The molecule has 0 aromatic heterocycles. The van der Waals surface area contributed by atoms with Gasteiger partial charge in [0.15, 0.2) is 0 Å². The van der Waals surface area contributed by atoms with Crippen LogP contribution in [0, 0.1) is 5.82 Å². The Morgan fingerprint density at radius 3 is 2.28 bits per heavy atom. The zero-order valence-corrected chi connectivity index (χ0v) is 23.6. The average Bonchev–Trinajstić information content (AvgIpc) is 2.89. The molecule has 1 atom stereocenters. The molecular weight excluding hydrogens is 541 g/mol. The van der Waals surface area contributed by atoms with Crippen LogP contribution in [0.25, 0.3) is 0 Å². The van der Waals surface area contributed by atoms with E-state index in [1.54, 1.807) is 43.3 Å². The van der Waals surface area contributed by atoms with Crippen molar-refractivity contribution in [3.05, 3.63) is 101 Å². The summed E-state index contributed by atoms with van der Waals surface area (Å²) >= 11 is 6.06. The second-order valence-corrected chi connectivity index (χ2v) is 11.5. The molecule has 0 aliphatic heterocycles. The lowest BCUT2D eigenvalue weighted by Gasteiger charge is -2.32. The molecule has 0 saturated heterocycles. The van der Waals surface area contributed by atoms with E-state index < -0.39 is 21.9 Å². The molecule has 208 valence electrons. The van der Waals surface area contributed by atoms with Gasteiger partial charge < -0.3 is 10.2 Å². The lowest BCUT2D eigenvalue weighted by Crippen LogP contribution is -2.50. The Morgan fingerprint density at radius 2 is 1.67 bits per heavy atom. The van der Waals surface area contributed by atoms with E-state index in [4.69, 9.17) is 11.6 Å².